The molecule has 0 radical (unpaired) electrons. The number of nitrogens with one attached hydrogen (secondary N) is 1. The zero-order chi connectivity index (χ0) is 10.7. The number of aromatic nitrogens is 1. The molecule has 0 aromatic carbocycles. The third-order valence-electron chi connectivity index (χ3n) is 2.93. The van der Waals surface area contributed by atoms with Crippen LogP contribution in [-0.2, 0) is 0 Å². The van der Waals surface area contributed by atoms with Crippen LogP contribution < -0.4 is 5.32 Å². The number of hydrogen-bond acceptors (Lipinski definition) is 3. The standard InChI is InChI=1S/C11H16BrN3/c1-9(15-6-4-13-5-7-15)10-2-3-11(12)14-8-10/h2-3,8-9,13H,4-7H2,1H3/t9-/m0/s1. The molecule has 0 saturated carbocycles. The average molecular weight is 270 g/mol. The summed E-state index contributed by atoms with van der Waals surface area (Å²) in [6, 6.07) is 4.62. The minimum absolute atomic E-state index is 0.465. The highest BCUT2D eigenvalue weighted by atomic mass is 79.9. The van der Waals surface area contributed by atoms with Gasteiger partial charge in [-0.3, -0.25) is 4.90 Å². The summed E-state index contributed by atoms with van der Waals surface area (Å²) in [4.78, 5) is 6.76. The summed E-state index contributed by atoms with van der Waals surface area (Å²) in [5, 5.41) is 3.37. The fourth-order valence-electron chi connectivity index (χ4n) is 1.91. The highest BCUT2D eigenvalue weighted by Gasteiger charge is 2.17. The van der Waals surface area contributed by atoms with Crippen molar-refractivity contribution in [2.24, 2.45) is 0 Å². The first-order valence-corrected chi connectivity index (χ1v) is 6.13. The molecule has 2 heterocycles. The van der Waals surface area contributed by atoms with Crippen molar-refractivity contribution >= 4 is 15.9 Å². The van der Waals surface area contributed by atoms with Gasteiger partial charge in [0.2, 0.25) is 0 Å². The number of halogens is 1. The maximum atomic E-state index is 4.27. The quantitative estimate of drug-likeness (QED) is 0.831. The van der Waals surface area contributed by atoms with Gasteiger partial charge in [-0.05, 0) is 34.5 Å². The Bertz CT molecular complexity index is 306. The Morgan fingerprint density at radius 1 is 1.40 bits per heavy atom. The number of pyridine rings is 1. The summed E-state index contributed by atoms with van der Waals surface area (Å²) < 4.78 is 0.902. The fourth-order valence-corrected chi connectivity index (χ4v) is 2.15. The van der Waals surface area contributed by atoms with Crippen molar-refractivity contribution in [3.63, 3.8) is 0 Å². The second kappa shape index (κ2) is 5.05. The molecule has 1 aromatic heterocycles. The van der Waals surface area contributed by atoms with Crippen LogP contribution in [0.5, 0.6) is 0 Å². The summed E-state index contributed by atoms with van der Waals surface area (Å²) in [5.41, 5.74) is 1.29. The molecule has 1 atom stereocenters. The molecule has 1 N–H and O–H groups in total. The zero-order valence-corrected chi connectivity index (χ0v) is 10.5. The predicted octanol–water partition coefficient (Wildman–Crippen LogP) is 1.81. The molecule has 2 rings (SSSR count). The number of hydrogen-bond donors (Lipinski definition) is 1. The molecule has 4 heteroatoms. The summed E-state index contributed by atoms with van der Waals surface area (Å²) in [5.74, 6) is 0. The molecule has 15 heavy (non-hydrogen) atoms. The van der Waals surface area contributed by atoms with E-state index in [9.17, 15) is 0 Å². The molecule has 0 unspecified atom stereocenters. The van der Waals surface area contributed by atoms with Crippen molar-refractivity contribution in [1.29, 1.82) is 0 Å². The van der Waals surface area contributed by atoms with Gasteiger partial charge in [-0.1, -0.05) is 6.07 Å². The monoisotopic (exact) mass is 269 g/mol. The van der Waals surface area contributed by atoms with Crippen molar-refractivity contribution in [2.45, 2.75) is 13.0 Å². The van der Waals surface area contributed by atoms with Crippen molar-refractivity contribution in [3.8, 4) is 0 Å². The van der Waals surface area contributed by atoms with Crippen LogP contribution in [-0.4, -0.2) is 36.1 Å². The lowest BCUT2D eigenvalue weighted by molar-refractivity contribution is 0.185. The van der Waals surface area contributed by atoms with Crippen LogP contribution in [0.3, 0.4) is 0 Å². The normalized spacial score (nSPS) is 20.1. The Kier molecular flexibility index (Phi) is 3.72. The summed E-state index contributed by atoms with van der Waals surface area (Å²) in [6.45, 7) is 6.67. The van der Waals surface area contributed by atoms with Gasteiger partial charge in [0.15, 0.2) is 0 Å². The summed E-state index contributed by atoms with van der Waals surface area (Å²) >= 11 is 3.36. The van der Waals surface area contributed by atoms with Crippen LogP contribution in [0, 0.1) is 0 Å². The first-order chi connectivity index (χ1) is 7.27. The highest BCUT2D eigenvalue weighted by Crippen LogP contribution is 2.20. The first kappa shape index (κ1) is 11.0. The van der Waals surface area contributed by atoms with Gasteiger partial charge in [0, 0.05) is 38.4 Å². The molecule has 82 valence electrons. The highest BCUT2D eigenvalue weighted by molar-refractivity contribution is 9.10. The van der Waals surface area contributed by atoms with Gasteiger partial charge < -0.3 is 5.32 Å². The summed E-state index contributed by atoms with van der Waals surface area (Å²) in [7, 11) is 0. The Balaban J connectivity index is 2.05. The van der Waals surface area contributed by atoms with Gasteiger partial charge in [-0.15, -0.1) is 0 Å². The molecule has 0 bridgehead atoms. The van der Waals surface area contributed by atoms with Gasteiger partial charge in [-0.2, -0.15) is 0 Å². The van der Waals surface area contributed by atoms with E-state index in [2.05, 4.69) is 44.1 Å². The Morgan fingerprint density at radius 3 is 2.73 bits per heavy atom. The van der Waals surface area contributed by atoms with E-state index in [1.54, 1.807) is 0 Å². The van der Waals surface area contributed by atoms with E-state index >= 15 is 0 Å². The van der Waals surface area contributed by atoms with Crippen molar-refractivity contribution < 1.29 is 0 Å². The third-order valence-corrected chi connectivity index (χ3v) is 3.40. The van der Waals surface area contributed by atoms with Gasteiger partial charge in [0.05, 0.1) is 0 Å². The topological polar surface area (TPSA) is 28.2 Å². The minimum Gasteiger partial charge on any atom is -0.314 e. The van der Waals surface area contributed by atoms with Crippen LogP contribution in [0.15, 0.2) is 22.9 Å². The lowest BCUT2D eigenvalue weighted by Crippen LogP contribution is -2.44. The second-order valence-electron chi connectivity index (χ2n) is 3.88. The molecule has 0 amide bonds. The van der Waals surface area contributed by atoms with Crippen LogP contribution in [0.25, 0.3) is 0 Å². The molecule has 1 saturated heterocycles. The maximum absolute atomic E-state index is 4.27. The number of piperazine rings is 1. The van der Waals surface area contributed by atoms with E-state index < -0.39 is 0 Å². The Hall–Kier alpha value is -0.450. The molecule has 1 fully saturated rings. The van der Waals surface area contributed by atoms with E-state index in [0.29, 0.717) is 6.04 Å². The zero-order valence-electron chi connectivity index (χ0n) is 8.91. The smallest absolute Gasteiger partial charge is 0.106 e. The third kappa shape index (κ3) is 2.77. The lowest BCUT2D eigenvalue weighted by Gasteiger charge is -2.32. The van der Waals surface area contributed by atoms with Crippen LogP contribution in [0.4, 0.5) is 0 Å². The van der Waals surface area contributed by atoms with Crippen molar-refractivity contribution in [2.75, 3.05) is 26.2 Å². The molecule has 1 aromatic rings. The van der Waals surface area contributed by atoms with Gasteiger partial charge in [0.25, 0.3) is 0 Å². The van der Waals surface area contributed by atoms with E-state index in [1.807, 2.05) is 12.3 Å². The Labute approximate surface area is 99.0 Å². The van der Waals surface area contributed by atoms with Crippen LogP contribution in [0.2, 0.25) is 0 Å². The van der Waals surface area contributed by atoms with Crippen LogP contribution >= 0.6 is 15.9 Å². The maximum Gasteiger partial charge on any atom is 0.106 e. The van der Waals surface area contributed by atoms with E-state index in [-0.39, 0.29) is 0 Å². The second-order valence-corrected chi connectivity index (χ2v) is 4.69. The Morgan fingerprint density at radius 2 is 2.13 bits per heavy atom. The van der Waals surface area contributed by atoms with Crippen LogP contribution in [0.1, 0.15) is 18.5 Å². The molecule has 0 spiro atoms. The minimum atomic E-state index is 0.465. The van der Waals surface area contributed by atoms with E-state index in [1.165, 1.54) is 5.56 Å². The van der Waals surface area contributed by atoms with Gasteiger partial charge >= 0.3 is 0 Å². The van der Waals surface area contributed by atoms with E-state index in [0.717, 1.165) is 30.8 Å². The fraction of sp³-hybridized carbons (Fsp3) is 0.545. The molecule has 3 nitrogen and oxygen atoms in total. The molecule has 1 aliphatic heterocycles. The van der Waals surface area contributed by atoms with Crippen molar-refractivity contribution in [3.05, 3.63) is 28.5 Å². The van der Waals surface area contributed by atoms with E-state index in [4.69, 9.17) is 0 Å². The average Bonchev–Trinajstić information content (AvgIpc) is 2.30. The molecular formula is C11H16BrN3. The first-order valence-electron chi connectivity index (χ1n) is 5.33. The largest absolute Gasteiger partial charge is 0.314 e. The van der Waals surface area contributed by atoms with Gasteiger partial charge in [0.1, 0.15) is 4.60 Å². The SMILES string of the molecule is C[C@@H](c1ccc(Br)nc1)N1CCNCC1. The van der Waals surface area contributed by atoms with Crippen molar-refractivity contribution in [1.82, 2.24) is 15.2 Å². The number of rotatable bonds is 2. The molecule has 1 aliphatic rings. The van der Waals surface area contributed by atoms with Gasteiger partial charge in [-0.25, -0.2) is 4.98 Å². The number of nitrogens with zero attached hydrogens (tertiary/aromatic N) is 2. The molecular weight excluding hydrogens is 254 g/mol. The predicted molar refractivity (Wildman–Crippen MR) is 64.8 cm³/mol. The molecule has 0 aliphatic carbocycles. The lowest BCUT2D eigenvalue weighted by atomic mass is 10.1. The summed E-state index contributed by atoms with van der Waals surface area (Å²) in [6.07, 6.45) is 1.96.